The van der Waals surface area contributed by atoms with Gasteiger partial charge >= 0.3 is 6.18 Å². The van der Waals surface area contributed by atoms with Gasteiger partial charge in [0.25, 0.3) is 0 Å². The van der Waals surface area contributed by atoms with Crippen LogP contribution in [0.15, 0.2) is 30.5 Å². The van der Waals surface area contributed by atoms with Gasteiger partial charge in [-0.05, 0) is 43.7 Å². The quantitative estimate of drug-likeness (QED) is 0.279. The van der Waals surface area contributed by atoms with Crippen molar-refractivity contribution in [2.24, 2.45) is 5.92 Å². The van der Waals surface area contributed by atoms with E-state index in [1.165, 1.54) is 24.8 Å². The standard InChI is InChI=1S/C12H21N3.C11H13F3N2O3.CH2O.H2/c1-9(2)8-15-12-7-11(5-6-14-12)10(3)13-4;1-18-5-4-15-10-8(6-17)2-3-9(16-10)19-7-11(12,13)14;1-2;/h5-7,9-10,13H,8H2,1-4H3,(H,14,15);2-3,6H,4-5,7H2,1H3,(H,15,16);1H2;1H. The molecule has 0 aliphatic heterocycles. The molecule has 0 amide bonds. The lowest BCUT2D eigenvalue weighted by molar-refractivity contribution is -0.154. The first-order chi connectivity index (χ1) is 17.1. The van der Waals surface area contributed by atoms with Crippen molar-refractivity contribution in [1.82, 2.24) is 15.3 Å². The predicted octanol–water partition coefficient (Wildman–Crippen LogP) is 4.38. The lowest BCUT2D eigenvalue weighted by Gasteiger charge is -2.13. The summed E-state index contributed by atoms with van der Waals surface area (Å²) >= 11 is 0. The van der Waals surface area contributed by atoms with Crippen molar-refractivity contribution in [2.45, 2.75) is 33.0 Å². The Kier molecular flexibility index (Phi) is 16.4. The molecule has 0 aliphatic carbocycles. The average Bonchev–Trinajstić information content (AvgIpc) is 2.87. The highest BCUT2D eigenvalue weighted by Gasteiger charge is 2.28. The predicted molar refractivity (Wildman–Crippen MR) is 136 cm³/mol. The Hall–Kier alpha value is -3.25. The second kappa shape index (κ2) is 18.1. The summed E-state index contributed by atoms with van der Waals surface area (Å²) < 4.78 is 45.3. The van der Waals surface area contributed by atoms with Gasteiger partial charge in [0.2, 0.25) is 5.88 Å². The number of methoxy groups -OCH3 is 1. The summed E-state index contributed by atoms with van der Waals surface area (Å²) in [5.41, 5.74) is 1.49. The van der Waals surface area contributed by atoms with E-state index in [2.05, 4.69) is 57.5 Å². The summed E-state index contributed by atoms with van der Waals surface area (Å²) in [5.74, 6) is 1.55. The maximum Gasteiger partial charge on any atom is 0.422 e. The molecule has 2 aromatic heterocycles. The van der Waals surface area contributed by atoms with Crippen molar-refractivity contribution in [2.75, 3.05) is 51.1 Å². The zero-order valence-corrected chi connectivity index (χ0v) is 21.3. The fraction of sp³-hybridized carbons (Fsp3) is 0.500. The molecule has 0 saturated heterocycles. The van der Waals surface area contributed by atoms with Crippen molar-refractivity contribution in [3.63, 3.8) is 0 Å². The zero-order valence-electron chi connectivity index (χ0n) is 21.3. The summed E-state index contributed by atoms with van der Waals surface area (Å²) in [5, 5.41) is 9.32. The number of carbonyl (C=O) groups excluding carboxylic acids is 2. The normalized spacial score (nSPS) is 11.4. The van der Waals surface area contributed by atoms with Crippen molar-refractivity contribution in [1.29, 1.82) is 0 Å². The molecule has 0 spiro atoms. The monoisotopic (exact) mass is 517 g/mol. The maximum absolute atomic E-state index is 12.0. The van der Waals surface area contributed by atoms with E-state index in [0.717, 1.165) is 12.4 Å². The van der Waals surface area contributed by atoms with E-state index in [-0.39, 0.29) is 18.7 Å². The van der Waals surface area contributed by atoms with Crippen LogP contribution in [0.1, 0.15) is 44.2 Å². The van der Waals surface area contributed by atoms with Crippen LogP contribution >= 0.6 is 0 Å². The summed E-state index contributed by atoms with van der Waals surface area (Å²) in [6.45, 7) is 8.78. The molecule has 2 aromatic rings. The largest absolute Gasteiger partial charge is 0.468 e. The fourth-order valence-electron chi connectivity index (χ4n) is 2.48. The van der Waals surface area contributed by atoms with Crippen molar-refractivity contribution < 1.29 is 33.7 Å². The summed E-state index contributed by atoms with van der Waals surface area (Å²) in [4.78, 5) is 26.8. The molecule has 0 aromatic carbocycles. The molecule has 2 rings (SSSR count). The number of hydrogen-bond acceptors (Lipinski definition) is 9. The Morgan fingerprint density at radius 3 is 2.42 bits per heavy atom. The minimum Gasteiger partial charge on any atom is -0.468 e. The van der Waals surface area contributed by atoms with Gasteiger partial charge in [0, 0.05) is 39.9 Å². The van der Waals surface area contributed by atoms with E-state index in [4.69, 9.17) is 9.53 Å². The molecule has 0 aliphatic rings. The van der Waals surface area contributed by atoms with Gasteiger partial charge in [-0.15, -0.1) is 0 Å². The molecule has 0 radical (unpaired) electrons. The summed E-state index contributed by atoms with van der Waals surface area (Å²) in [6, 6.07) is 7.05. The number of ether oxygens (including phenoxy) is 2. The van der Waals surface area contributed by atoms with Crippen LogP contribution in [0.5, 0.6) is 5.88 Å². The molecule has 0 fully saturated rings. The van der Waals surface area contributed by atoms with Gasteiger partial charge in [-0.25, -0.2) is 4.98 Å². The first-order valence-corrected chi connectivity index (χ1v) is 11.1. The van der Waals surface area contributed by atoms with Crippen LogP contribution in [0, 0.1) is 5.92 Å². The molecule has 0 bridgehead atoms. The Labute approximate surface area is 211 Å². The van der Waals surface area contributed by atoms with Gasteiger partial charge in [0.1, 0.15) is 18.4 Å². The van der Waals surface area contributed by atoms with Crippen LogP contribution in [-0.4, -0.2) is 69.7 Å². The number of rotatable bonds is 12. The van der Waals surface area contributed by atoms with Crippen LogP contribution in [-0.2, 0) is 9.53 Å². The highest BCUT2D eigenvalue weighted by Crippen LogP contribution is 2.20. The SMILES string of the molecule is C=O.CNC(C)c1ccnc(NCC(C)C)c1.COCCNc1nc(OCC(F)(F)F)ccc1C=O.[HH]. The van der Waals surface area contributed by atoms with E-state index in [0.29, 0.717) is 31.4 Å². The van der Waals surface area contributed by atoms with Crippen LogP contribution in [0.2, 0.25) is 0 Å². The van der Waals surface area contributed by atoms with Crippen LogP contribution in [0.25, 0.3) is 0 Å². The van der Waals surface area contributed by atoms with Crippen molar-refractivity contribution in [3.05, 3.63) is 41.6 Å². The second-order valence-corrected chi connectivity index (χ2v) is 7.79. The van der Waals surface area contributed by atoms with Gasteiger partial charge in [-0.1, -0.05) is 13.8 Å². The number of anilines is 2. The second-order valence-electron chi connectivity index (χ2n) is 7.79. The molecule has 3 N–H and O–H groups in total. The number of aldehydes is 1. The van der Waals surface area contributed by atoms with Crippen LogP contribution in [0.3, 0.4) is 0 Å². The lowest BCUT2D eigenvalue weighted by atomic mass is 10.1. The maximum atomic E-state index is 12.0. The Morgan fingerprint density at radius 1 is 1.17 bits per heavy atom. The Balaban J connectivity index is 0. The van der Waals surface area contributed by atoms with Gasteiger partial charge in [0.15, 0.2) is 12.9 Å². The van der Waals surface area contributed by atoms with Crippen LogP contribution < -0.4 is 20.7 Å². The molecule has 204 valence electrons. The van der Waals surface area contributed by atoms with Gasteiger partial charge < -0.3 is 30.2 Å². The van der Waals surface area contributed by atoms with E-state index in [9.17, 15) is 18.0 Å². The van der Waals surface area contributed by atoms with Gasteiger partial charge in [-0.2, -0.15) is 18.2 Å². The molecule has 0 saturated carbocycles. The number of alkyl halides is 3. The first-order valence-electron chi connectivity index (χ1n) is 11.1. The molecule has 1 atom stereocenters. The Morgan fingerprint density at radius 2 is 1.86 bits per heavy atom. The van der Waals surface area contributed by atoms with Gasteiger partial charge in [-0.3, -0.25) is 4.79 Å². The molecule has 36 heavy (non-hydrogen) atoms. The highest BCUT2D eigenvalue weighted by molar-refractivity contribution is 5.82. The highest BCUT2D eigenvalue weighted by atomic mass is 19.4. The number of aromatic nitrogens is 2. The van der Waals surface area contributed by atoms with Crippen LogP contribution in [0.4, 0.5) is 24.8 Å². The van der Waals surface area contributed by atoms with Crippen molar-refractivity contribution >= 4 is 24.7 Å². The van der Waals surface area contributed by atoms with E-state index < -0.39 is 12.8 Å². The minimum absolute atomic E-state index is 0. The van der Waals surface area contributed by atoms with E-state index >= 15 is 0 Å². The number of pyridine rings is 2. The number of halogens is 3. The first kappa shape index (κ1) is 32.8. The average molecular weight is 518 g/mol. The van der Waals surface area contributed by atoms with E-state index in [1.807, 2.05) is 26.1 Å². The molecular weight excluding hydrogens is 479 g/mol. The topological polar surface area (TPSA) is 114 Å². The van der Waals surface area contributed by atoms with E-state index in [1.54, 1.807) is 0 Å². The number of hydrogen-bond donors (Lipinski definition) is 3. The van der Waals surface area contributed by atoms with Gasteiger partial charge in [0.05, 0.1) is 12.2 Å². The molecule has 12 heteroatoms. The minimum atomic E-state index is -4.44. The molecule has 1 unspecified atom stereocenters. The Bertz CT molecular complexity index is 892. The zero-order chi connectivity index (χ0) is 27.6. The smallest absolute Gasteiger partial charge is 0.422 e. The van der Waals surface area contributed by atoms with Crippen molar-refractivity contribution in [3.8, 4) is 5.88 Å². The summed E-state index contributed by atoms with van der Waals surface area (Å²) in [7, 11) is 3.46. The third-order valence-corrected chi connectivity index (χ3v) is 4.42. The lowest BCUT2D eigenvalue weighted by Crippen LogP contribution is -2.20. The number of carbonyl (C=O) groups is 2. The number of nitrogens with zero attached hydrogens (tertiary/aromatic N) is 2. The number of nitrogens with one attached hydrogen (secondary N) is 3. The molecule has 2 heterocycles. The molecule has 9 nitrogen and oxygen atoms in total. The molecular formula is C24H38F3N5O4. The summed E-state index contributed by atoms with van der Waals surface area (Å²) in [6.07, 6.45) is -2.03. The third-order valence-electron chi connectivity index (χ3n) is 4.42. The third kappa shape index (κ3) is 14.2. The fourth-order valence-corrected chi connectivity index (χ4v) is 2.48.